The Kier molecular flexibility index (Phi) is 3.01. The first-order valence-corrected chi connectivity index (χ1v) is 5.32. The molecule has 0 bridgehead atoms. The number of halogens is 2. The first kappa shape index (κ1) is 11.2. The molecule has 1 heterocycles. The van der Waals surface area contributed by atoms with Crippen LogP contribution in [0.3, 0.4) is 0 Å². The highest BCUT2D eigenvalue weighted by atomic mass is 19.1. The minimum absolute atomic E-state index is 0.0233. The molecule has 2 nitrogen and oxygen atoms in total. The standard InChI is InChI=1S/C12H13F2NO/c1-7-9(4-5-15-7)12(16)10-6-8(13)2-3-11(10)14/h2-3,6-7,9,15H,4-5H2,1H3. The minimum atomic E-state index is -0.648. The van der Waals surface area contributed by atoms with Gasteiger partial charge in [0.2, 0.25) is 0 Å². The van der Waals surface area contributed by atoms with Crippen molar-refractivity contribution in [1.29, 1.82) is 0 Å². The predicted molar refractivity (Wildman–Crippen MR) is 56.3 cm³/mol. The van der Waals surface area contributed by atoms with Gasteiger partial charge in [0.25, 0.3) is 0 Å². The molecule has 1 aromatic carbocycles. The average molecular weight is 225 g/mol. The van der Waals surface area contributed by atoms with E-state index in [-0.39, 0.29) is 23.3 Å². The Labute approximate surface area is 92.7 Å². The number of hydrogen-bond donors (Lipinski definition) is 1. The molecule has 16 heavy (non-hydrogen) atoms. The zero-order valence-electron chi connectivity index (χ0n) is 8.97. The smallest absolute Gasteiger partial charge is 0.170 e. The van der Waals surface area contributed by atoms with Crippen LogP contribution in [-0.4, -0.2) is 18.4 Å². The molecule has 0 spiro atoms. The molecule has 1 aliphatic heterocycles. The molecule has 2 unspecified atom stereocenters. The van der Waals surface area contributed by atoms with E-state index in [0.717, 1.165) is 24.7 Å². The molecule has 0 amide bonds. The van der Waals surface area contributed by atoms with Crippen LogP contribution in [0.1, 0.15) is 23.7 Å². The van der Waals surface area contributed by atoms with Crippen LogP contribution < -0.4 is 5.32 Å². The minimum Gasteiger partial charge on any atom is -0.313 e. The number of ketones is 1. The van der Waals surface area contributed by atoms with Crippen molar-refractivity contribution < 1.29 is 13.6 Å². The Morgan fingerprint density at radius 2 is 2.19 bits per heavy atom. The zero-order chi connectivity index (χ0) is 11.7. The maximum Gasteiger partial charge on any atom is 0.170 e. The monoisotopic (exact) mass is 225 g/mol. The number of carbonyl (C=O) groups is 1. The van der Waals surface area contributed by atoms with Gasteiger partial charge in [0.1, 0.15) is 11.6 Å². The second kappa shape index (κ2) is 4.29. The SMILES string of the molecule is CC1NCCC1C(=O)c1cc(F)ccc1F. The van der Waals surface area contributed by atoms with E-state index < -0.39 is 11.6 Å². The summed E-state index contributed by atoms with van der Waals surface area (Å²) in [5.74, 6) is -1.79. The highest BCUT2D eigenvalue weighted by Gasteiger charge is 2.31. The van der Waals surface area contributed by atoms with Gasteiger partial charge < -0.3 is 5.32 Å². The third-order valence-electron chi connectivity index (χ3n) is 3.06. The summed E-state index contributed by atoms with van der Waals surface area (Å²) in [6.07, 6.45) is 0.677. The number of carbonyl (C=O) groups excluding carboxylic acids is 1. The summed E-state index contributed by atoms with van der Waals surface area (Å²) < 4.78 is 26.3. The number of nitrogens with one attached hydrogen (secondary N) is 1. The van der Waals surface area contributed by atoms with Crippen LogP contribution in [0.15, 0.2) is 18.2 Å². The Morgan fingerprint density at radius 1 is 1.44 bits per heavy atom. The normalized spacial score (nSPS) is 24.7. The van der Waals surface area contributed by atoms with Crippen LogP contribution in [-0.2, 0) is 0 Å². The molecule has 1 aliphatic rings. The molecule has 1 saturated heterocycles. The molecule has 0 aromatic heterocycles. The van der Waals surface area contributed by atoms with Gasteiger partial charge in [0.15, 0.2) is 5.78 Å². The number of rotatable bonds is 2. The predicted octanol–water partition coefficient (Wildman–Crippen LogP) is 2.15. The van der Waals surface area contributed by atoms with Crippen molar-refractivity contribution in [3.05, 3.63) is 35.4 Å². The van der Waals surface area contributed by atoms with E-state index in [1.165, 1.54) is 0 Å². The summed E-state index contributed by atoms with van der Waals surface area (Å²) >= 11 is 0. The fourth-order valence-corrected chi connectivity index (χ4v) is 2.10. The largest absolute Gasteiger partial charge is 0.313 e. The first-order chi connectivity index (χ1) is 7.59. The van der Waals surface area contributed by atoms with Gasteiger partial charge in [-0.15, -0.1) is 0 Å². The Morgan fingerprint density at radius 3 is 2.81 bits per heavy atom. The second-order valence-corrected chi connectivity index (χ2v) is 4.13. The maximum atomic E-state index is 13.4. The van der Waals surface area contributed by atoms with E-state index in [1.807, 2.05) is 6.92 Å². The number of Topliss-reactive ketones (excluding diaryl/α,β-unsaturated/α-hetero) is 1. The van der Waals surface area contributed by atoms with Gasteiger partial charge in [-0.25, -0.2) is 8.78 Å². The average Bonchev–Trinajstić information content (AvgIpc) is 2.67. The van der Waals surface area contributed by atoms with Crippen LogP contribution in [0.5, 0.6) is 0 Å². The van der Waals surface area contributed by atoms with Crippen molar-refractivity contribution in [3.63, 3.8) is 0 Å². The molecule has 2 atom stereocenters. The number of hydrogen-bond acceptors (Lipinski definition) is 2. The quantitative estimate of drug-likeness (QED) is 0.781. The van der Waals surface area contributed by atoms with Crippen LogP contribution in [0.2, 0.25) is 0 Å². The molecule has 86 valence electrons. The Bertz CT molecular complexity index is 419. The van der Waals surface area contributed by atoms with Gasteiger partial charge in [-0.3, -0.25) is 4.79 Å². The van der Waals surface area contributed by atoms with Gasteiger partial charge in [0, 0.05) is 12.0 Å². The van der Waals surface area contributed by atoms with Crippen molar-refractivity contribution in [2.75, 3.05) is 6.54 Å². The van der Waals surface area contributed by atoms with Crippen molar-refractivity contribution in [1.82, 2.24) is 5.32 Å². The molecule has 4 heteroatoms. The first-order valence-electron chi connectivity index (χ1n) is 5.32. The maximum absolute atomic E-state index is 13.4. The van der Waals surface area contributed by atoms with E-state index in [4.69, 9.17) is 0 Å². The molecule has 0 aliphatic carbocycles. The van der Waals surface area contributed by atoms with Gasteiger partial charge >= 0.3 is 0 Å². The number of benzene rings is 1. The fourth-order valence-electron chi connectivity index (χ4n) is 2.10. The van der Waals surface area contributed by atoms with Gasteiger partial charge in [0.05, 0.1) is 5.56 Å². The van der Waals surface area contributed by atoms with Crippen molar-refractivity contribution in [2.24, 2.45) is 5.92 Å². The molecule has 1 N–H and O–H groups in total. The lowest BCUT2D eigenvalue weighted by atomic mass is 9.92. The summed E-state index contributed by atoms with van der Waals surface area (Å²) in [5.41, 5.74) is -0.138. The third kappa shape index (κ3) is 1.97. The van der Waals surface area contributed by atoms with Crippen molar-refractivity contribution in [3.8, 4) is 0 Å². The van der Waals surface area contributed by atoms with E-state index in [9.17, 15) is 13.6 Å². The second-order valence-electron chi connectivity index (χ2n) is 4.13. The Hall–Kier alpha value is -1.29. The molecule has 0 radical (unpaired) electrons. The molecular weight excluding hydrogens is 212 g/mol. The summed E-state index contributed by atoms with van der Waals surface area (Å²) in [6.45, 7) is 2.63. The highest BCUT2D eigenvalue weighted by Crippen LogP contribution is 2.22. The van der Waals surface area contributed by atoms with E-state index in [0.29, 0.717) is 6.42 Å². The molecule has 1 fully saturated rings. The summed E-state index contributed by atoms with van der Waals surface area (Å²) in [7, 11) is 0. The van der Waals surface area contributed by atoms with E-state index >= 15 is 0 Å². The summed E-state index contributed by atoms with van der Waals surface area (Å²) in [6, 6.07) is 3.01. The van der Waals surface area contributed by atoms with E-state index in [2.05, 4.69) is 5.32 Å². The molecule has 1 aromatic rings. The lowest BCUT2D eigenvalue weighted by molar-refractivity contribution is 0.0909. The third-order valence-corrected chi connectivity index (χ3v) is 3.06. The van der Waals surface area contributed by atoms with Gasteiger partial charge in [-0.2, -0.15) is 0 Å². The van der Waals surface area contributed by atoms with Crippen molar-refractivity contribution >= 4 is 5.78 Å². The van der Waals surface area contributed by atoms with Crippen LogP contribution >= 0.6 is 0 Å². The van der Waals surface area contributed by atoms with Crippen LogP contribution in [0, 0.1) is 17.6 Å². The lowest BCUT2D eigenvalue weighted by Crippen LogP contribution is -2.28. The lowest BCUT2D eigenvalue weighted by Gasteiger charge is -2.14. The molecular formula is C12H13F2NO. The van der Waals surface area contributed by atoms with Crippen LogP contribution in [0.25, 0.3) is 0 Å². The highest BCUT2D eigenvalue weighted by molar-refractivity contribution is 5.98. The molecule has 2 rings (SSSR count). The molecule has 0 saturated carbocycles. The van der Waals surface area contributed by atoms with Crippen LogP contribution in [0.4, 0.5) is 8.78 Å². The van der Waals surface area contributed by atoms with Gasteiger partial charge in [-0.05, 0) is 38.1 Å². The zero-order valence-corrected chi connectivity index (χ0v) is 8.97. The topological polar surface area (TPSA) is 29.1 Å². The summed E-state index contributed by atoms with van der Waals surface area (Å²) in [5, 5.41) is 3.12. The fraction of sp³-hybridized carbons (Fsp3) is 0.417. The van der Waals surface area contributed by atoms with E-state index in [1.54, 1.807) is 0 Å². The summed E-state index contributed by atoms with van der Waals surface area (Å²) in [4.78, 5) is 12.0. The van der Waals surface area contributed by atoms with Gasteiger partial charge in [-0.1, -0.05) is 0 Å². The van der Waals surface area contributed by atoms with Crippen molar-refractivity contribution in [2.45, 2.75) is 19.4 Å². The Balaban J connectivity index is 2.29.